The number of halogens is 1. The maximum Gasteiger partial charge on any atom is 0.280 e. The minimum Gasteiger partial charge on any atom is -0.492 e. The highest BCUT2D eigenvalue weighted by atomic mass is 35.5. The lowest BCUT2D eigenvalue weighted by Crippen LogP contribution is -2.01. The van der Waals surface area contributed by atoms with Crippen molar-refractivity contribution in [1.29, 1.82) is 0 Å². The predicted octanol–water partition coefficient (Wildman–Crippen LogP) is 3.20. The van der Waals surface area contributed by atoms with Gasteiger partial charge in [0.05, 0.1) is 11.6 Å². The number of carbonyl (C=O) groups is 1. The smallest absolute Gasteiger partial charge is 0.280 e. The first-order valence-electron chi connectivity index (χ1n) is 4.05. The Bertz CT molecular complexity index is 344. The molecule has 0 spiro atoms. The lowest BCUT2D eigenvalue weighted by atomic mass is 10.3. The van der Waals surface area contributed by atoms with Crippen LogP contribution in [0.2, 0.25) is 5.02 Å². The topological polar surface area (TPSA) is 38.3 Å². The zero-order valence-corrected chi connectivity index (χ0v) is 9.23. The number of nitrogens with one attached hydrogen (secondary N) is 1. The van der Waals surface area contributed by atoms with Gasteiger partial charge in [0, 0.05) is 5.69 Å². The van der Waals surface area contributed by atoms with Crippen LogP contribution in [0.5, 0.6) is 5.75 Å². The van der Waals surface area contributed by atoms with Crippen molar-refractivity contribution in [3.63, 3.8) is 0 Å². The second kappa shape index (κ2) is 5.12. The molecular formula is C9H10ClNO2S. The van der Waals surface area contributed by atoms with Crippen LogP contribution >= 0.6 is 24.2 Å². The lowest BCUT2D eigenvalue weighted by Gasteiger charge is -2.07. The molecule has 0 bridgehead atoms. The van der Waals surface area contributed by atoms with E-state index in [1.807, 2.05) is 6.92 Å². The minimum absolute atomic E-state index is 0.426. The van der Waals surface area contributed by atoms with Crippen LogP contribution in [-0.4, -0.2) is 11.8 Å². The van der Waals surface area contributed by atoms with Gasteiger partial charge >= 0.3 is 0 Å². The van der Waals surface area contributed by atoms with Gasteiger partial charge in [-0.3, -0.25) is 4.79 Å². The van der Waals surface area contributed by atoms with E-state index in [0.29, 0.717) is 23.1 Å². The maximum absolute atomic E-state index is 10.6. The Hall–Kier alpha value is -0.870. The van der Waals surface area contributed by atoms with E-state index < -0.39 is 5.24 Å². The second-order valence-corrected chi connectivity index (χ2v) is 3.32. The summed E-state index contributed by atoms with van der Waals surface area (Å²) in [4.78, 5) is 10.6. The van der Waals surface area contributed by atoms with Crippen LogP contribution < -0.4 is 10.1 Å². The van der Waals surface area contributed by atoms with Crippen molar-refractivity contribution in [3.8, 4) is 5.75 Å². The van der Waals surface area contributed by atoms with E-state index >= 15 is 0 Å². The van der Waals surface area contributed by atoms with Gasteiger partial charge < -0.3 is 10.1 Å². The molecule has 0 saturated carbocycles. The van der Waals surface area contributed by atoms with Gasteiger partial charge in [-0.1, -0.05) is 24.2 Å². The van der Waals surface area contributed by atoms with E-state index in [1.54, 1.807) is 18.2 Å². The first kappa shape index (κ1) is 11.2. The molecule has 0 radical (unpaired) electrons. The van der Waals surface area contributed by atoms with Gasteiger partial charge in [-0.15, -0.1) is 0 Å². The zero-order chi connectivity index (χ0) is 10.6. The number of ether oxygens (including phenoxy) is 1. The Morgan fingerprint density at radius 3 is 2.86 bits per heavy atom. The van der Waals surface area contributed by atoms with Crippen LogP contribution in [0.1, 0.15) is 6.92 Å². The third kappa shape index (κ3) is 3.12. The van der Waals surface area contributed by atoms with Gasteiger partial charge in [-0.2, -0.15) is 0 Å². The Morgan fingerprint density at radius 1 is 1.64 bits per heavy atom. The normalized spacial score (nSPS) is 9.64. The van der Waals surface area contributed by atoms with Crippen molar-refractivity contribution in [2.24, 2.45) is 0 Å². The molecule has 0 heterocycles. The first-order chi connectivity index (χ1) is 6.63. The van der Waals surface area contributed by atoms with Gasteiger partial charge in [0.2, 0.25) is 0 Å². The quantitative estimate of drug-likeness (QED) is 0.784. The van der Waals surface area contributed by atoms with Crippen molar-refractivity contribution >= 4 is 35.2 Å². The van der Waals surface area contributed by atoms with Crippen molar-refractivity contribution in [3.05, 3.63) is 23.2 Å². The summed E-state index contributed by atoms with van der Waals surface area (Å²) in [7, 11) is 0. The van der Waals surface area contributed by atoms with Crippen LogP contribution in [0.3, 0.4) is 0 Å². The third-order valence-electron chi connectivity index (χ3n) is 1.48. The SMILES string of the molecule is CCOc1ccc(NC(=O)S)cc1Cl. The third-order valence-corrected chi connectivity index (χ3v) is 1.89. The molecule has 1 aromatic rings. The van der Waals surface area contributed by atoms with Gasteiger partial charge in [-0.05, 0) is 25.1 Å². The molecule has 1 amide bonds. The Morgan fingerprint density at radius 2 is 2.36 bits per heavy atom. The summed E-state index contributed by atoms with van der Waals surface area (Å²) in [6.45, 7) is 2.43. The van der Waals surface area contributed by atoms with Crippen LogP contribution in [0.15, 0.2) is 18.2 Å². The molecule has 1 rings (SSSR count). The summed E-state index contributed by atoms with van der Waals surface area (Å²) in [5.74, 6) is 0.603. The van der Waals surface area contributed by atoms with Gasteiger partial charge in [0.1, 0.15) is 5.75 Å². The van der Waals surface area contributed by atoms with Gasteiger partial charge in [0.25, 0.3) is 5.24 Å². The highest BCUT2D eigenvalue weighted by Gasteiger charge is 2.03. The van der Waals surface area contributed by atoms with E-state index in [2.05, 4.69) is 17.9 Å². The molecular weight excluding hydrogens is 222 g/mol. The number of rotatable bonds is 3. The highest BCUT2D eigenvalue weighted by Crippen LogP contribution is 2.27. The fraction of sp³-hybridized carbons (Fsp3) is 0.222. The fourth-order valence-corrected chi connectivity index (χ4v) is 1.34. The maximum atomic E-state index is 10.6. The van der Waals surface area contributed by atoms with Gasteiger partial charge in [-0.25, -0.2) is 0 Å². The molecule has 0 atom stereocenters. The summed E-state index contributed by atoms with van der Waals surface area (Å²) >= 11 is 9.48. The number of anilines is 1. The summed E-state index contributed by atoms with van der Waals surface area (Å²) in [5.41, 5.74) is 0.596. The molecule has 0 aliphatic rings. The van der Waals surface area contributed by atoms with E-state index in [-0.39, 0.29) is 0 Å². The number of hydrogen-bond acceptors (Lipinski definition) is 2. The Labute approximate surface area is 92.8 Å². The Balaban J connectivity index is 2.83. The monoisotopic (exact) mass is 231 g/mol. The molecule has 0 unspecified atom stereocenters. The first-order valence-corrected chi connectivity index (χ1v) is 4.88. The molecule has 0 aromatic heterocycles. The molecule has 0 aliphatic heterocycles. The highest BCUT2D eigenvalue weighted by molar-refractivity contribution is 7.96. The van der Waals surface area contributed by atoms with Crippen LogP contribution in [0, 0.1) is 0 Å². The van der Waals surface area contributed by atoms with Crippen LogP contribution in [-0.2, 0) is 0 Å². The molecule has 1 N–H and O–H groups in total. The second-order valence-electron chi connectivity index (χ2n) is 2.51. The van der Waals surface area contributed by atoms with Crippen LogP contribution in [0.25, 0.3) is 0 Å². The molecule has 5 heteroatoms. The number of amides is 1. The Kier molecular flexibility index (Phi) is 4.10. The molecule has 0 fully saturated rings. The van der Waals surface area contributed by atoms with E-state index in [1.165, 1.54) is 0 Å². The molecule has 0 saturated heterocycles. The van der Waals surface area contributed by atoms with E-state index in [4.69, 9.17) is 16.3 Å². The summed E-state index contributed by atoms with van der Waals surface area (Å²) < 4.78 is 5.23. The van der Waals surface area contributed by atoms with Crippen molar-refractivity contribution in [2.45, 2.75) is 6.92 Å². The van der Waals surface area contributed by atoms with E-state index in [9.17, 15) is 4.79 Å². The fourth-order valence-electron chi connectivity index (χ4n) is 0.975. The molecule has 76 valence electrons. The summed E-state index contributed by atoms with van der Waals surface area (Å²) in [5, 5.41) is 2.54. The van der Waals surface area contributed by atoms with Crippen molar-refractivity contribution in [2.75, 3.05) is 11.9 Å². The average Bonchev–Trinajstić information content (AvgIpc) is 2.09. The molecule has 3 nitrogen and oxygen atoms in total. The standard InChI is InChI=1S/C9H10ClNO2S/c1-2-13-8-4-3-6(5-7(8)10)11-9(12)14/h3-5H,2H2,1H3,(H2,11,12,14). The molecule has 0 aliphatic carbocycles. The number of hydrogen-bond donors (Lipinski definition) is 2. The van der Waals surface area contributed by atoms with Gasteiger partial charge in [0.15, 0.2) is 0 Å². The average molecular weight is 232 g/mol. The van der Waals surface area contributed by atoms with E-state index in [0.717, 1.165) is 0 Å². The number of thiol groups is 1. The molecule has 14 heavy (non-hydrogen) atoms. The summed E-state index contributed by atoms with van der Waals surface area (Å²) in [6.07, 6.45) is 0. The number of benzene rings is 1. The lowest BCUT2D eigenvalue weighted by molar-refractivity contribution is 0.270. The molecule has 1 aromatic carbocycles. The zero-order valence-electron chi connectivity index (χ0n) is 7.58. The largest absolute Gasteiger partial charge is 0.492 e. The van der Waals surface area contributed by atoms with Crippen molar-refractivity contribution in [1.82, 2.24) is 0 Å². The number of carbonyl (C=O) groups excluding carboxylic acids is 1. The summed E-state index contributed by atoms with van der Waals surface area (Å²) in [6, 6.07) is 5.01. The van der Waals surface area contributed by atoms with Crippen LogP contribution in [0.4, 0.5) is 10.5 Å². The predicted molar refractivity (Wildman–Crippen MR) is 60.6 cm³/mol. The minimum atomic E-state index is -0.426. The van der Waals surface area contributed by atoms with Crippen molar-refractivity contribution < 1.29 is 9.53 Å².